The van der Waals surface area contributed by atoms with Gasteiger partial charge < -0.3 is 4.74 Å². The highest BCUT2D eigenvalue weighted by molar-refractivity contribution is 5.95. The summed E-state index contributed by atoms with van der Waals surface area (Å²) in [7, 11) is 0. The Morgan fingerprint density at radius 2 is 1.52 bits per heavy atom. The maximum atomic E-state index is 12.5. The maximum absolute atomic E-state index is 12.5. The minimum absolute atomic E-state index is 0.0701. The Hall–Kier alpha value is -3.15. The van der Waals surface area contributed by atoms with E-state index >= 15 is 0 Å². The molecule has 2 N–H and O–H groups in total. The molecule has 0 aromatic heterocycles. The molecule has 0 saturated heterocycles. The molecule has 0 bridgehead atoms. The quantitative estimate of drug-likeness (QED) is 0.581. The lowest BCUT2D eigenvalue weighted by atomic mass is 9.86. The summed E-state index contributed by atoms with van der Waals surface area (Å²) in [6.45, 7) is 3.51. The summed E-state index contributed by atoms with van der Waals surface area (Å²) in [5, 5.41) is 0. The molecule has 6 nitrogen and oxygen atoms in total. The van der Waals surface area contributed by atoms with Crippen molar-refractivity contribution in [1.29, 1.82) is 0 Å². The molecular weight excluding hydrogens is 344 g/mol. The molecule has 0 aliphatic rings. The zero-order chi connectivity index (χ0) is 19.6. The predicted molar refractivity (Wildman–Crippen MR) is 102 cm³/mol. The van der Waals surface area contributed by atoms with Crippen molar-refractivity contribution in [2.75, 3.05) is 6.61 Å². The predicted octanol–water partition coefficient (Wildman–Crippen LogP) is 2.82. The highest BCUT2D eigenvalue weighted by Gasteiger charge is 2.27. The average Bonchev–Trinajstić information content (AvgIpc) is 2.71. The van der Waals surface area contributed by atoms with Gasteiger partial charge in [0.15, 0.2) is 6.61 Å². The van der Waals surface area contributed by atoms with Crippen LogP contribution in [0.25, 0.3) is 0 Å². The van der Waals surface area contributed by atoms with Gasteiger partial charge in [-0.25, -0.2) is 0 Å². The molecule has 2 amide bonds. The van der Waals surface area contributed by atoms with Crippen LogP contribution >= 0.6 is 0 Å². The molecule has 2 atom stereocenters. The van der Waals surface area contributed by atoms with Crippen LogP contribution in [-0.2, 0) is 14.3 Å². The largest absolute Gasteiger partial charge is 0.455 e. The zero-order valence-corrected chi connectivity index (χ0v) is 15.5. The van der Waals surface area contributed by atoms with Gasteiger partial charge in [-0.15, -0.1) is 0 Å². The van der Waals surface area contributed by atoms with E-state index in [1.54, 1.807) is 30.3 Å². The molecule has 0 unspecified atom stereocenters. The van der Waals surface area contributed by atoms with Crippen molar-refractivity contribution in [2.24, 2.45) is 5.92 Å². The van der Waals surface area contributed by atoms with Crippen LogP contribution in [0.3, 0.4) is 0 Å². The molecule has 0 aliphatic carbocycles. The fourth-order valence-electron chi connectivity index (χ4n) is 2.64. The topological polar surface area (TPSA) is 84.5 Å². The normalized spacial score (nSPS) is 12.5. The van der Waals surface area contributed by atoms with Crippen LogP contribution in [0.4, 0.5) is 0 Å². The Bertz CT molecular complexity index is 762. The van der Waals surface area contributed by atoms with Crippen LogP contribution in [0.2, 0.25) is 0 Å². The van der Waals surface area contributed by atoms with Gasteiger partial charge in [-0.1, -0.05) is 68.8 Å². The van der Waals surface area contributed by atoms with Gasteiger partial charge in [0, 0.05) is 5.56 Å². The molecule has 0 radical (unpaired) electrons. The summed E-state index contributed by atoms with van der Waals surface area (Å²) < 4.78 is 5.18. The van der Waals surface area contributed by atoms with Crippen LogP contribution in [0.5, 0.6) is 0 Å². The highest BCUT2D eigenvalue weighted by atomic mass is 16.5. The van der Waals surface area contributed by atoms with E-state index in [0.717, 1.165) is 12.0 Å². The maximum Gasteiger partial charge on any atom is 0.314 e. The van der Waals surface area contributed by atoms with Gasteiger partial charge >= 0.3 is 5.97 Å². The van der Waals surface area contributed by atoms with Gasteiger partial charge in [-0.05, 0) is 23.6 Å². The van der Waals surface area contributed by atoms with Crippen molar-refractivity contribution in [3.63, 3.8) is 0 Å². The lowest BCUT2D eigenvalue weighted by Gasteiger charge is -2.21. The minimum Gasteiger partial charge on any atom is -0.455 e. The van der Waals surface area contributed by atoms with Crippen molar-refractivity contribution in [3.8, 4) is 0 Å². The van der Waals surface area contributed by atoms with Crippen molar-refractivity contribution < 1.29 is 19.1 Å². The van der Waals surface area contributed by atoms with Crippen LogP contribution < -0.4 is 10.9 Å². The number of hydrogen-bond acceptors (Lipinski definition) is 4. The summed E-state index contributed by atoms with van der Waals surface area (Å²) in [6, 6.07) is 17.8. The molecule has 6 heteroatoms. The van der Waals surface area contributed by atoms with E-state index in [1.807, 2.05) is 44.2 Å². The van der Waals surface area contributed by atoms with Crippen molar-refractivity contribution >= 4 is 17.8 Å². The summed E-state index contributed by atoms with van der Waals surface area (Å²) in [5.41, 5.74) is 5.80. The lowest BCUT2D eigenvalue weighted by molar-refractivity contribution is -0.151. The number of nitrogens with one attached hydrogen (secondary N) is 2. The van der Waals surface area contributed by atoms with E-state index in [2.05, 4.69) is 10.9 Å². The van der Waals surface area contributed by atoms with Gasteiger partial charge in [0.25, 0.3) is 11.8 Å². The molecule has 0 heterocycles. The first-order chi connectivity index (χ1) is 13.0. The SMILES string of the molecule is CC[C@@H](C)[C@H](C(=O)OCC(=O)NNC(=O)c1ccccc1)c1ccccc1. The van der Waals surface area contributed by atoms with Gasteiger partial charge in [0.2, 0.25) is 0 Å². The second-order valence-corrected chi connectivity index (χ2v) is 6.25. The number of amides is 2. The van der Waals surface area contributed by atoms with E-state index in [0.29, 0.717) is 5.56 Å². The number of esters is 1. The van der Waals surface area contributed by atoms with Gasteiger partial charge in [-0.2, -0.15) is 0 Å². The first-order valence-electron chi connectivity index (χ1n) is 8.88. The number of hydrogen-bond donors (Lipinski definition) is 2. The Balaban J connectivity index is 1.87. The number of carbonyl (C=O) groups excluding carboxylic acids is 3. The van der Waals surface area contributed by atoms with Crippen LogP contribution in [0, 0.1) is 5.92 Å². The molecule has 142 valence electrons. The summed E-state index contributed by atoms with van der Waals surface area (Å²) in [4.78, 5) is 36.3. The third-order valence-corrected chi connectivity index (χ3v) is 4.32. The van der Waals surface area contributed by atoms with Crippen LogP contribution in [-0.4, -0.2) is 24.4 Å². The first-order valence-corrected chi connectivity index (χ1v) is 8.88. The monoisotopic (exact) mass is 368 g/mol. The molecule has 2 aromatic carbocycles. The highest BCUT2D eigenvalue weighted by Crippen LogP contribution is 2.28. The molecular formula is C21H24N2O4. The van der Waals surface area contributed by atoms with Crippen molar-refractivity contribution in [3.05, 3.63) is 71.8 Å². The zero-order valence-electron chi connectivity index (χ0n) is 15.5. The van der Waals surface area contributed by atoms with Gasteiger partial charge in [0.1, 0.15) is 0 Å². The molecule has 0 fully saturated rings. The number of carbonyl (C=O) groups is 3. The van der Waals surface area contributed by atoms with Crippen molar-refractivity contribution in [2.45, 2.75) is 26.2 Å². The summed E-state index contributed by atoms with van der Waals surface area (Å²) in [6.07, 6.45) is 0.800. The molecule has 0 spiro atoms. The standard InChI is InChI=1S/C21H24N2O4/c1-3-15(2)19(16-10-6-4-7-11-16)21(26)27-14-18(24)22-23-20(25)17-12-8-5-9-13-17/h4-13,15,19H,3,14H2,1-2H3,(H,22,24)(H,23,25)/t15-,19+/m1/s1. The van der Waals surface area contributed by atoms with Gasteiger partial charge in [-0.3, -0.25) is 25.2 Å². The fraction of sp³-hybridized carbons (Fsp3) is 0.286. The first kappa shape index (κ1) is 20.2. The Kier molecular flexibility index (Phi) is 7.55. The van der Waals surface area contributed by atoms with E-state index in [-0.39, 0.29) is 5.92 Å². The van der Waals surface area contributed by atoms with Crippen molar-refractivity contribution in [1.82, 2.24) is 10.9 Å². The average molecular weight is 368 g/mol. The Labute approximate surface area is 158 Å². The number of rotatable bonds is 7. The number of benzene rings is 2. The third-order valence-electron chi connectivity index (χ3n) is 4.32. The number of ether oxygens (including phenoxy) is 1. The van der Waals surface area contributed by atoms with E-state index in [9.17, 15) is 14.4 Å². The molecule has 0 aliphatic heterocycles. The minimum atomic E-state index is -0.608. The van der Waals surface area contributed by atoms with Gasteiger partial charge in [0.05, 0.1) is 5.92 Å². The van der Waals surface area contributed by atoms with Crippen LogP contribution in [0.15, 0.2) is 60.7 Å². The number of hydrazine groups is 1. The van der Waals surface area contributed by atoms with Crippen LogP contribution in [0.1, 0.15) is 42.1 Å². The molecule has 2 rings (SSSR count). The van der Waals surface area contributed by atoms with E-state index in [1.165, 1.54) is 0 Å². The second-order valence-electron chi connectivity index (χ2n) is 6.25. The molecule has 2 aromatic rings. The van der Waals surface area contributed by atoms with E-state index < -0.39 is 30.3 Å². The Morgan fingerprint density at radius 3 is 2.11 bits per heavy atom. The smallest absolute Gasteiger partial charge is 0.314 e. The summed E-state index contributed by atoms with van der Waals surface area (Å²) >= 11 is 0. The van der Waals surface area contributed by atoms with E-state index in [4.69, 9.17) is 4.74 Å². The molecule has 0 saturated carbocycles. The fourth-order valence-corrected chi connectivity index (χ4v) is 2.64. The summed E-state index contributed by atoms with van der Waals surface area (Å²) in [5.74, 6) is -1.88. The second kappa shape index (κ2) is 10.1. The Morgan fingerprint density at radius 1 is 0.926 bits per heavy atom. The molecule has 27 heavy (non-hydrogen) atoms. The third kappa shape index (κ3) is 5.95. The lowest BCUT2D eigenvalue weighted by Crippen LogP contribution is -2.43.